The van der Waals surface area contributed by atoms with Crippen LogP contribution in [0.1, 0.15) is 42.1 Å². The van der Waals surface area contributed by atoms with Gasteiger partial charge in [-0.2, -0.15) is 5.10 Å². The van der Waals surface area contributed by atoms with Crippen molar-refractivity contribution in [1.82, 2.24) is 20.4 Å². The van der Waals surface area contributed by atoms with Gasteiger partial charge in [0.15, 0.2) is 0 Å². The summed E-state index contributed by atoms with van der Waals surface area (Å²) in [6.07, 6.45) is 5.20. The van der Waals surface area contributed by atoms with Gasteiger partial charge >= 0.3 is 57.4 Å². The van der Waals surface area contributed by atoms with Gasteiger partial charge in [-0.1, -0.05) is 30.3 Å². The third-order valence-corrected chi connectivity index (χ3v) is 5.42. The number of carboxylic acids is 1. The molecule has 2 aromatic rings. The van der Waals surface area contributed by atoms with Gasteiger partial charge in [-0.3, -0.25) is 5.10 Å². The number of aryl methyl sites for hydroxylation is 1. The number of fused-ring (bicyclic) bond motifs is 1. The largest absolute Gasteiger partial charge is 1.00 e. The first-order valence-corrected chi connectivity index (χ1v) is 8.99. The monoisotopic (exact) mass is 392 g/mol. The van der Waals surface area contributed by atoms with Gasteiger partial charge in [0.25, 0.3) is 0 Å². The topological polar surface area (TPSA) is 101 Å². The Hall–Kier alpha value is -1.19. The summed E-state index contributed by atoms with van der Waals surface area (Å²) in [5, 5.41) is 21.6. The van der Waals surface area contributed by atoms with Crippen LogP contribution in [0.3, 0.4) is 0 Å². The van der Waals surface area contributed by atoms with Crippen LogP contribution in [0.25, 0.3) is 0 Å². The molecule has 2 N–H and O–H groups in total. The van der Waals surface area contributed by atoms with Crippen LogP contribution in [0.4, 0.5) is 4.79 Å². The maximum atomic E-state index is 13.0. The molecular weight excluding hydrogens is 371 g/mol. The molecule has 3 atom stereocenters. The van der Waals surface area contributed by atoms with Gasteiger partial charge in [0.1, 0.15) is 0 Å². The molecule has 0 bridgehead atoms. The Bertz CT molecular complexity index is 810. The summed E-state index contributed by atoms with van der Waals surface area (Å²) in [6, 6.07) is 8.06. The summed E-state index contributed by atoms with van der Waals surface area (Å²) >= 11 is 0. The molecule has 0 spiro atoms. The quantitative estimate of drug-likeness (QED) is 0.587. The molecule has 1 aliphatic carbocycles. The number of hydrogen-bond acceptors (Lipinski definition) is 4. The molecule has 136 valence electrons. The summed E-state index contributed by atoms with van der Waals surface area (Å²) in [4.78, 5) is 26.0. The van der Waals surface area contributed by atoms with Crippen LogP contribution in [0.2, 0.25) is 0 Å². The number of carbonyl (C=O) groups is 2. The number of aromatic nitrogens is 2. The summed E-state index contributed by atoms with van der Waals surface area (Å²) in [7, 11) is 0. The third kappa shape index (κ3) is 4.30. The second kappa shape index (κ2) is 8.87. The van der Waals surface area contributed by atoms with E-state index >= 15 is 0 Å². The number of H-pyrrole nitrogens is 1. The minimum Gasteiger partial charge on any atom is -0.548 e. The van der Waals surface area contributed by atoms with E-state index in [-0.39, 0.29) is 69.5 Å². The number of nitrogens with one attached hydrogen (secondary N) is 2. The number of nitrogens with zero attached hydrogens (tertiary/aromatic N) is 2. The molecule has 1 aromatic carbocycles. The summed E-state index contributed by atoms with van der Waals surface area (Å²) in [6.45, 7) is 0. The SMILES string of the molecule is O=C([O-])[C@@H]1CC[C@@H](c2ccccc2)N1C(=O)NC1CCc2cn[nH]c2C1.[K+]. The second-order valence-electron chi connectivity index (χ2n) is 7.01. The molecule has 1 saturated heterocycles. The second-order valence-corrected chi connectivity index (χ2v) is 7.01. The van der Waals surface area contributed by atoms with E-state index in [1.165, 1.54) is 10.5 Å². The molecule has 1 fully saturated rings. The van der Waals surface area contributed by atoms with E-state index in [1.807, 2.05) is 36.5 Å². The summed E-state index contributed by atoms with van der Waals surface area (Å²) in [5.41, 5.74) is 3.18. The Balaban J connectivity index is 0.00000210. The number of benzene rings is 1. The molecule has 2 aliphatic rings. The first-order chi connectivity index (χ1) is 12.6. The van der Waals surface area contributed by atoms with Crippen molar-refractivity contribution in [2.45, 2.75) is 50.2 Å². The van der Waals surface area contributed by atoms with Gasteiger partial charge in [-0.15, -0.1) is 0 Å². The molecule has 0 saturated carbocycles. The molecule has 4 rings (SSSR count). The molecule has 0 radical (unpaired) electrons. The molecule has 7 nitrogen and oxygen atoms in total. The van der Waals surface area contributed by atoms with Crippen LogP contribution < -0.4 is 61.8 Å². The minimum absolute atomic E-state index is 0. The smallest absolute Gasteiger partial charge is 0.548 e. The van der Waals surface area contributed by atoms with E-state index in [2.05, 4.69) is 15.5 Å². The normalized spacial score (nSPS) is 24.0. The number of likely N-dealkylation sites (tertiary alicyclic amines) is 1. The Morgan fingerprint density at radius 3 is 2.70 bits per heavy atom. The van der Waals surface area contributed by atoms with Crippen LogP contribution in [-0.4, -0.2) is 39.2 Å². The molecule has 27 heavy (non-hydrogen) atoms. The van der Waals surface area contributed by atoms with E-state index < -0.39 is 12.0 Å². The number of carboxylic acid groups (broad SMARTS) is 1. The first kappa shape index (κ1) is 20.5. The summed E-state index contributed by atoms with van der Waals surface area (Å²) < 4.78 is 0. The van der Waals surface area contributed by atoms with E-state index in [0.29, 0.717) is 19.3 Å². The fraction of sp³-hybridized carbons (Fsp3) is 0.421. The van der Waals surface area contributed by atoms with Crippen LogP contribution in [0.5, 0.6) is 0 Å². The van der Waals surface area contributed by atoms with Crippen molar-refractivity contribution in [1.29, 1.82) is 0 Å². The fourth-order valence-corrected chi connectivity index (χ4v) is 4.11. The third-order valence-electron chi connectivity index (χ3n) is 5.42. The number of rotatable bonds is 3. The fourth-order valence-electron chi connectivity index (χ4n) is 4.11. The van der Waals surface area contributed by atoms with Crippen LogP contribution in [0.15, 0.2) is 36.5 Å². The van der Waals surface area contributed by atoms with Gasteiger partial charge in [-0.25, -0.2) is 4.79 Å². The Kier molecular flexibility index (Phi) is 6.75. The van der Waals surface area contributed by atoms with E-state index in [0.717, 1.165) is 24.1 Å². The van der Waals surface area contributed by atoms with Gasteiger partial charge < -0.3 is 20.1 Å². The Morgan fingerprint density at radius 2 is 1.96 bits per heavy atom. The van der Waals surface area contributed by atoms with Crippen LogP contribution >= 0.6 is 0 Å². The van der Waals surface area contributed by atoms with Crippen molar-refractivity contribution in [2.24, 2.45) is 0 Å². The number of aromatic amines is 1. The van der Waals surface area contributed by atoms with Gasteiger partial charge in [-0.05, 0) is 36.8 Å². The maximum absolute atomic E-state index is 13.0. The van der Waals surface area contributed by atoms with Crippen molar-refractivity contribution >= 4 is 12.0 Å². The number of urea groups is 1. The standard InChI is InChI=1S/C19H22N4O3.K/c24-18(25)17-9-8-16(12-4-2-1-3-5-12)23(17)19(26)21-14-7-6-13-11-20-22-15(13)10-14;/h1-5,11,14,16-17H,6-10H2,(H,20,22)(H,21,26)(H,24,25);/q;+1/p-1/t14?,16-,17-;/m0./s1. The number of carbonyl (C=O) groups excluding carboxylic acids is 2. The Morgan fingerprint density at radius 1 is 1.19 bits per heavy atom. The van der Waals surface area contributed by atoms with Crippen molar-refractivity contribution in [2.75, 3.05) is 0 Å². The Labute approximate surface area is 200 Å². The minimum atomic E-state index is -1.20. The number of hydrogen-bond donors (Lipinski definition) is 2. The molecule has 1 unspecified atom stereocenters. The first-order valence-electron chi connectivity index (χ1n) is 8.99. The zero-order chi connectivity index (χ0) is 18.1. The van der Waals surface area contributed by atoms with E-state index in [4.69, 9.17) is 0 Å². The number of amides is 2. The van der Waals surface area contributed by atoms with Crippen LogP contribution in [-0.2, 0) is 17.6 Å². The average Bonchev–Trinajstić information content (AvgIpc) is 3.29. The molecule has 2 heterocycles. The predicted octanol–water partition coefficient (Wildman–Crippen LogP) is -2.06. The molecule has 8 heteroatoms. The van der Waals surface area contributed by atoms with Crippen LogP contribution in [0, 0.1) is 0 Å². The molecule has 2 amide bonds. The summed E-state index contributed by atoms with van der Waals surface area (Å²) in [5.74, 6) is -1.20. The molecular formula is C19H21KN4O3. The maximum Gasteiger partial charge on any atom is 1.00 e. The molecule has 1 aliphatic heterocycles. The van der Waals surface area contributed by atoms with Crippen molar-refractivity contribution in [3.63, 3.8) is 0 Å². The van der Waals surface area contributed by atoms with E-state index in [9.17, 15) is 14.7 Å². The van der Waals surface area contributed by atoms with Crippen molar-refractivity contribution in [3.05, 3.63) is 53.3 Å². The van der Waals surface area contributed by atoms with Crippen molar-refractivity contribution in [3.8, 4) is 0 Å². The zero-order valence-electron chi connectivity index (χ0n) is 15.4. The van der Waals surface area contributed by atoms with Gasteiger partial charge in [0.05, 0.1) is 24.2 Å². The predicted molar refractivity (Wildman–Crippen MR) is 92.0 cm³/mol. The average molecular weight is 393 g/mol. The van der Waals surface area contributed by atoms with E-state index in [1.54, 1.807) is 0 Å². The van der Waals surface area contributed by atoms with Crippen molar-refractivity contribution < 1.29 is 66.1 Å². The zero-order valence-corrected chi connectivity index (χ0v) is 18.5. The number of aliphatic carboxylic acids is 1. The molecule has 1 aromatic heterocycles. The van der Waals surface area contributed by atoms with Gasteiger partial charge in [0, 0.05) is 18.2 Å². The van der Waals surface area contributed by atoms with Gasteiger partial charge in [0.2, 0.25) is 0 Å².